The van der Waals surface area contributed by atoms with Crippen molar-refractivity contribution in [3.8, 4) is 22.8 Å². The topological polar surface area (TPSA) is 41.6 Å². The maximum absolute atomic E-state index is 5.40. The summed E-state index contributed by atoms with van der Waals surface area (Å²) in [6.45, 7) is 3.95. The number of aromatic amines is 1. The van der Waals surface area contributed by atoms with Crippen molar-refractivity contribution in [1.29, 1.82) is 0 Å². The Hall–Kier alpha value is -2.33. The first-order valence-corrected chi connectivity index (χ1v) is 7.16. The predicted molar refractivity (Wildman–Crippen MR) is 87.6 cm³/mol. The van der Waals surface area contributed by atoms with Gasteiger partial charge in [0.25, 0.3) is 0 Å². The number of hydrogen-bond donors (Lipinski definition) is 1. The normalized spacial score (nSPS) is 10.6. The standard InChI is InChI=1S/C17H15N3S/c1-11-7-6-10-14(18-11)16-19-15(12(2)17(21)20-16)13-8-4-3-5-9-13/h3-10H,1-2H3,(H,19,20,21). The summed E-state index contributed by atoms with van der Waals surface area (Å²) in [5.41, 5.74) is 4.83. The summed E-state index contributed by atoms with van der Waals surface area (Å²) in [6, 6.07) is 16.0. The van der Waals surface area contributed by atoms with Crippen molar-refractivity contribution in [2.75, 3.05) is 0 Å². The van der Waals surface area contributed by atoms with Crippen LogP contribution in [0.4, 0.5) is 0 Å². The Balaban J connectivity index is 2.21. The van der Waals surface area contributed by atoms with Crippen LogP contribution in [0.1, 0.15) is 11.3 Å². The van der Waals surface area contributed by atoms with Gasteiger partial charge in [0, 0.05) is 11.3 Å². The molecule has 0 unspecified atom stereocenters. The largest absolute Gasteiger partial charge is 0.338 e. The van der Waals surface area contributed by atoms with E-state index >= 15 is 0 Å². The van der Waals surface area contributed by atoms with Crippen LogP contribution in [-0.4, -0.2) is 15.0 Å². The third-order valence-electron chi connectivity index (χ3n) is 3.35. The molecule has 1 aromatic carbocycles. The summed E-state index contributed by atoms with van der Waals surface area (Å²) in [6.07, 6.45) is 0. The minimum Gasteiger partial charge on any atom is -0.338 e. The molecule has 0 fully saturated rings. The number of nitrogens with zero attached hydrogens (tertiary/aromatic N) is 2. The highest BCUT2D eigenvalue weighted by molar-refractivity contribution is 7.71. The molecule has 0 radical (unpaired) electrons. The van der Waals surface area contributed by atoms with Gasteiger partial charge < -0.3 is 4.98 Å². The monoisotopic (exact) mass is 293 g/mol. The van der Waals surface area contributed by atoms with Crippen molar-refractivity contribution in [1.82, 2.24) is 15.0 Å². The van der Waals surface area contributed by atoms with Gasteiger partial charge in [0.05, 0.1) is 5.69 Å². The molecule has 0 saturated carbocycles. The highest BCUT2D eigenvalue weighted by atomic mass is 32.1. The zero-order valence-electron chi connectivity index (χ0n) is 11.9. The first-order chi connectivity index (χ1) is 10.1. The van der Waals surface area contributed by atoms with E-state index in [0.29, 0.717) is 10.5 Å². The fourth-order valence-corrected chi connectivity index (χ4v) is 2.42. The van der Waals surface area contributed by atoms with E-state index in [1.165, 1.54) is 0 Å². The summed E-state index contributed by atoms with van der Waals surface area (Å²) >= 11 is 5.40. The Morgan fingerprint density at radius 1 is 0.905 bits per heavy atom. The van der Waals surface area contributed by atoms with Gasteiger partial charge in [-0.1, -0.05) is 48.6 Å². The molecule has 21 heavy (non-hydrogen) atoms. The van der Waals surface area contributed by atoms with Crippen LogP contribution in [-0.2, 0) is 0 Å². The van der Waals surface area contributed by atoms with Crippen LogP contribution >= 0.6 is 12.2 Å². The number of benzene rings is 1. The van der Waals surface area contributed by atoms with Crippen LogP contribution < -0.4 is 0 Å². The second-order valence-corrected chi connectivity index (χ2v) is 5.31. The van der Waals surface area contributed by atoms with Gasteiger partial charge >= 0.3 is 0 Å². The number of hydrogen-bond acceptors (Lipinski definition) is 3. The van der Waals surface area contributed by atoms with Gasteiger partial charge in [-0.3, -0.25) is 0 Å². The zero-order chi connectivity index (χ0) is 14.8. The van der Waals surface area contributed by atoms with Gasteiger partial charge in [0.1, 0.15) is 10.3 Å². The minimum atomic E-state index is 0.603. The molecule has 0 atom stereocenters. The maximum atomic E-state index is 5.40. The molecular formula is C17H15N3S. The van der Waals surface area contributed by atoms with Crippen LogP contribution in [0.2, 0.25) is 0 Å². The molecule has 0 bridgehead atoms. The van der Waals surface area contributed by atoms with Crippen molar-refractivity contribution >= 4 is 12.2 Å². The lowest BCUT2D eigenvalue weighted by atomic mass is 10.1. The van der Waals surface area contributed by atoms with Crippen molar-refractivity contribution in [3.63, 3.8) is 0 Å². The smallest absolute Gasteiger partial charge is 0.158 e. The molecule has 4 heteroatoms. The van der Waals surface area contributed by atoms with E-state index < -0.39 is 0 Å². The van der Waals surface area contributed by atoms with E-state index in [9.17, 15) is 0 Å². The molecule has 3 rings (SSSR count). The SMILES string of the molecule is Cc1cccc(-c2nc(=S)c(C)c(-c3ccccc3)[nH]2)n1. The van der Waals surface area contributed by atoms with Crippen LogP contribution in [0.25, 0.3) is 22.8 Å². The maximum Gasteiger partial charge on any atom is 0.158 e. The van der Waals surface area contributed by atoms with Crippen molar-refractivity contribution in [2.45, 2.75) is 13.8 Å². The number of pyridine rings is 1. The summed E-state index contributed by atoms with van der Waals surface area (Å²) in [4.78, 5) is 12.3. The minimum absolute atomic E-state index is 0.603. The fraction of sp³-hybridized carbons (Fsp3) is 0.118. The van der Waals surface area contributed by atoms with Crippen molar-refractivity contribution in [2.24, 2.45) is 0 Å². The molecule has 0 amide bonds. The molecular weight excluding hydrogens is 278 g/mol. The molecule has 0 aliphatic carbocycles. The van der Waals surface area contributed by atoms with E-state index in [1.54, 1.807) is 0 Å². The van der Waals surface area contributed by atoms with Gasteiger partial charge in [0.2, 0.25) is 0 Å². The fourth-order valence-electron chi connectivity index (χ4n) is 2.22. The first-order valence-electron chi connectivity index (χ1n) is 6.75. The van der Waals surface area contributed by atoms with E-state index in [-0.39, 0.29) is 0 Å². The van der Waals surface area contributed by atoms with Crippen LogP contribution in [0.15, 0.2) is 48.5 Å². The van der Waals surface area contributed by atoms with Gasteiger partial charge in [-0.2, -0.15) is 0 Å². The van der Waals surface area contributed by atoms with Crippen molar-refractivity contribution < 1.29 is 0 Å². The Morgan fingerprint density at radius 3 is 2.38 bits per heavy atom. The Morgan fingerprint density at radius 2 is 1.67 bits per heavy atom. The Bertz CT molecular complexity index is 838. The van der Waals surface area contributed by atoms with Crippen LogP contribution in [0.5, 0.6) is 0 Å². The summed E-state index contributed by atoms with van der Waals surface area (Å²) < 4.78 is 0.603. The Labute approximate surface area is 128 Å². The summed E-state index contributed by atoms with van der Waals surface area (Å²) in [5.74, 6) is 0.702. The molecule has 3 nitrogen and oxygen atoms in total. The molecule has 2 heterocycles. The third kappa shape index (κ3) is 2.76. The van der Waals surface area contributed by atoms with Gasteiger partial charge in [-0.15, -0.1) is 0 Å². The van der Waals surface area contributed by atoms with Gasteiger partial charge in [0.15, 0.2) is 5.82 Å². The highest BCUT2D eigenvalue weighted by Gasteiger charge is 2.09. The van der Waals surface area contributed by atoms with Gasteiger partial charge in [-0.25, -0.2) is 9.97 Å². The second kappa shape index (κ2) is 5.58. The second-order valence-electron chi connectivity index (χ2n) is 4.92. The number of rotatable bonds is 2. The average Bonchev–Trinajstić information content (AvgIpc) is 2.51. The molecule has 104 valence electrons. The lowest BCUT2D eigenvalue weighted by Gasteiger charge is -2.09. The van der Waals surface area contributed by atoms with E-state index in [2.05, 4.69) is 27.1 Å². The first kappa shape index (κ1) is 13.6. The summed E-state index contributed by atoms with van der Waals surface area (Å²) in [5, 5.41) is 0. The van der Waals surface area contributed by atoms with Gasteiger partial charge in [-0.05, 0) is 31.5 Å². The molecule has 2 aromatic heterocycles. The Kier molecular flexibility index (Phi) is 3.62. The van der Waals surface area contributed by atoms with Crippen LogP contribution in [0.3, 0.4) is 0 Å². The predicted octanol–water partition coefficient (Wildman–Crippen LogP) is 4.49. The van der Waals surface area contributed by atoms with E-state index in [0.717, 1.165) is 28.2 Å². The molecule has 3 aromatic rings. The molecule has 0 saturated heterocycles. The number of H-pyrrole nitrogens is 1. The number of nitrogens with one attached hydrogen (secondary N) is 1. The third-order valence-corrected chi connectivity index (χ3v) is 3.74. The molecule has 0 spiro atoms. The molecule has 0 aliphatic heterocycles. The van der Waals surface area contributed by atoms with Crippen molar-refractivity contribution in [3.05, 3.63) is 64.4 Å². The van der Waals surface area contributed by atoms with E-state index in [4.69, 9.17) is 12.2 Å². The highest BCUT2D eigenvalue weighted by Crippen LogP contribution is 2.24. The van der Waals surface area contributed by atoms with E-state index in [1.807, 2.05) is 50.2 Å². The average molecular weight is 293 g/mol. The zero-order valence-corrected chi connectivity index (χ0v) is 12.7. The summed E-state index contributed by atoms with van der Waals surface area (Å²) in [7, 11) is 0. The van der Waals surface area contributed by atoms with Crippen LogP contribution in [0, 0.1) is 18.5 Å². The molecule has 0 aliphatic rings. The lowest BCUT2D eigenvalue weighted by molar-refractivity contribution is 1.09. The quantitative estimate of drug-likeness (QED) is 0.708. The number of aryl methyl sites for hydroxylation is 1. The molecule has 1 N–H and O–H groups in total. The number of aromatic nitrogens is 3. The lowest BCUT2D eigenvalue weighted by Crippen LogP contribution is -1.99.